The minimum Gasteiger partial charge on any atom is -0.494 e. The van der Waals surface area contributed by atoms with Crippen LogP contribution in [0.3, 0.4) is 0 Å². The van der Waals surface area contributed by atoms with Gasteiger partial charge in [-0.3, -0.25) is 14.9 Å². The summed E-state index contributed by atoms with van der Waals surface area (Å²) in [5.74, 6) is 0.186. The molecule has 24 heavy (non-hydrogen) atoms. The number of ether oxygens (including phenoxy) is 1. The summed E-state index contributed by atoms with van der Waals surface area (Å²) in [6, 6.07) is 11.4. The molecule has 0 saturated carbocycles. The van der Waals surface area contributed by atoms with Gasteiger partial charge in [0.2, 0.25) is 5.91 Å². The van der Waals surface area contributed by atoms with E-state index in [1.807, 2.05) is 0 Å². The minimum absolute atomic E-state index is 0.131. The molecule has 1 N–H and O–H groups in total. The molecule has 0 atom stereocenters. The molecule has 0 unspecified atom stereocenters. The third kappa shape index (κ3) is 5.14. The van der Waals surface area contributed by atoms with Crippen molar-refractivity contribution >= 4 is 40.6 Å². The molecule has 0 aliphatic heterocycles. The van der Waals surface area contributed by atoms with E-state index in [4.69, 9.17) is 16.3 Å². The van der Waals surface area contributed by atoms with Gasteiger partial charge in [0, 0.05) is 9.92 Å². The van der Waals surface area contributed by atoms with Crippen molar-refractivity contribution in [1.29, 1.82) is 0 Å². The monoisotopic (exact) mass is 366 g/mol. The third-order valence-corrected chi connectivity index (χ3v) is 4.20. The van der Waals surface area contributed by atoms with Crippen molar-refractivity contribution in [3.8, 4) is 5.75 Å². The van der Waals surface area contributed by atoms with E-state index >= 15 is 0 Å². The van der Waals surface area contributed by atoms with Crippen LogP contribution in [0.25, 0.3) is 0 Å². The lowest BCUT2D eigenvalue weighted by Crippen LogP contribution is -2.15. The fraction of sp³-hybridized carbons (Fsp3) is 0.188. The van der Waals surface area contributed by atoms with Crippen molar-refractivity contribution in [2.75, 3.05) is 17.7 Å². The van der Waals surface area contributed by atoms with Crippen molar-refractivity contribution in [3.63, 3.8) is 0 Å². The van der Waals surface area contributed by atoms with Crippen molar-refractivity contribution in [3.05, 3.63) is 57.6 Å². The number of carbonyl (C=O) groups is 1. The minimum atomic E-state index is -0.551. The molecule has 0 fully saturated rings. The topological polar surface area (TPSA) is 81.5 Å². The Balaban J connectivity index is 2.02. The number of nitrogens with zero attached hydrogens (tertiary/aromatic N) is 1. The van der Waals surface area contributed by atoms with Gasteiger partial charge in [-0.15, -0.1) is 11.8 Å². The van der Waals surface area contributed by atoms with Crippen molar-refractivity contribution in [2.24, 2.45) is 0 Å². The number of amides is 1. The van der Waals surface area contributed by atoms with E-state index in [2.05, 4.69) is 5.32 Å². The first-order valence-electron chi connectivity index (χ1n) is 7.09. The van der Waals surface area contributed by atoms with Gasteiger partial charge in [-0.25, -0.2) is 0 Å². The van der Waals surface area contributed by atoms with Gasteiger partial charge in [0.15, 0.2) is 0 Å². The molecular weight excluding hydrogens is 352 g/mol. The maximum atomic E-state index is 12.0. The van der Waals surface area contributed by atoms with E-state index in [-0.39, 0.29) is 23.0 Å². The summed E-state index contributed by atoms with van der Waals surface area (Å²) in [4.78, 5) is 23.5. The quantitative estimate of drug-likeness (QED) is 0.447. The Morgan fingerprint density at radius 1 is 1.29 bits per heavy atom. The van der Waals surface area contributed by atoms with E-state index in [0.717, 1.165) is 4.90 Å². The maximum Gasteiger partial charge on any atom is 0.296 e. The van der Waals surface area contributed by atoms with Crippen LogP contribution in [0.15, 0.2) is 47.4 Å². The average molecular weight is 367 g/mol. The molecule has 1 amide bonds. The zero-order chi connectivity index (χ0) is 17.5. The van der Waals surface area contributed by atoms with Gasteiger partial charge in [0.05, 0.1) is 23.3 Å². The molecule has 0 radical (unpaired) electrons. The molecule has 2 aromatic rings. The highest BCUT2D eigenvalue weighted by Crippen LogP contribution is 2.29. The summed E-state index contributed by atoms with van der Waals surface area (Å²) in [5, 5.41) is 14.3. The molecule has 0 aliphatic rings. The van der Waals surface area contributed by atoms with Crippen LogP contribution in [0.5, 0.6) is 5.75 Å². The number of carbonyl (C=O) groups excluding carboxylic acids is 1. The highest BCUT2D eigenvalue weighted by atomic mass is 35.5. The Hall–Kier alpha value is -2.25. The zero-order valence-electron chi connectivity index (χ0n) is 12.8. The fourth-order valence-corrected chi connectivity index (χ4v) is 2.72. The largest absolute Gasteiger partial charge is 0.494 e. The summed E-state index contributed by atoms with van der Waals surface area (Å²) in [5.41, 5.74) is -0.0593. The molecular formula is C16H15ClN2O4S. The Labute approximate surface area is 148 Å². The van der Waals surface area contributed by atoms with Gasteiger partial charge in [-0.1, -0.05) is 11.6 Å². The van der Waals surface area contributed by atoms with E-state index in [0.29, 0.717) is 17.4 Å². The van der Waals surface area contributed by atoms with Crippen LogP contribution in [0.4, 0.5) is 11.4 Å². The number of halogens is 1. The van der Waals surface area contributed by atoms with Crippen molar-refractivity contribution < 1.29 is 14.5 Å². The number of thioether (sulfide) groups is 1. The van der Waals surface area contributed by atoms with Crippen molar-refractivity contribution in [2.45, 2.75) is 11.8 Å². The number of hydrogen-bond donors (Lipinski definition) is 1. The SMILES string of the molecule is CCOc1ccc(NC(=O)CSc2ccc(Cl)cc2)c([N+](=O)[O-])c1. The standard InChI is InChI=1S/C16H15ClN2O4S/c1-2-23-12-5-8-14(15(9-12)19(21)22)18-16(20)10-24-13-6-3-11(17)4-7-13/h3-9H,2,10H2,1H3,(H,18,20). The van der Waals surface area contributed by atoms with Gasteiger partial charge in [-0.05, 0) is 43.3 Å². The maximum absolute atomic E-state index is 12.0. The normalized spacial score (nSPS) is 10.2. The molecule has 0 saturated heterocycles. The second-order valence-electron chi connectivity index (χ2n) is 4.66. The second-order valence-corrected chi connectivity index (χ2v) is 6.15. The molecule has 0 bridgehead atoms. The van der Waals surface area contributed by atoms with Crippen LogP contribution in [0, 0.1) is 10.1 Å². The smallest absolute Gasteiger partial charge is 0.296 e. The van der Waals surface area contributed by atoms with Gasteiger partial charge in [-0.2, -0.15) is 0 Å². The zero-order valence-corrected chi connectivity index (χ0v) is 14.4. The van der Waals surface area contributed by atoms with Crippen LogP contribution >= 0.6 is 23.4 Å². The highest BCUT2D eigenvalue weighted by molar-refractivity contribution is 8.00. The number of nitro benzene ring substituents is 1. The predicted molar refractivity (Wildman–Crippen MR) is 95.1 cm³/mol. The molecule has 0 aromatic heterocycles. The lowest BCUT2D eigenvalue weighted by atomic mass is 10.2. The lowest BCUT2D eigenvalue weighted by Gasteiger charge is -2.08. The molecule has 0 aliphatic carbocycles. The second kappa shape index (κ2) is 8.56. The molecule has 0 spiro atoms. The number of rotatable bonds is 7. The van der Waals surface area contributed by atoms with Crippen LogP contribution in [0.1, 0.15) is 6.92 Å². The van der Waals surface area contributed by atoms with Gasteiger partial charge < -0.3 is 10.1 Å². The molecule has 6 nitrogen and oxygen atoms in total. The number of benzene rings is 2. The molecule has 0 heterocycles. The van der Waals surface area contributed by atoms with Gasteiger partial charge >= 0.3 is 0 Å². The number of anilines is 1. The molecule has 126 valence electrons. The fourth-order valence-electron chi connectivity index (χ4n) is 1.89. The Morgan fingerprint density at radius 3 is 2.62 bits per heavy atom. The summed E-state index contributed by atoms with van der Waals surface area (Å²) in [6.45, 7) is 2.19. The highest BCUT2D eigenvalue weighted by Gasteiger charge is 2.17. The number of nitrogens with one attached hydrogen (secondary N) is 1. The molecule has 2 aromatic carbocycles. The predicted octanol–water partition coefficient (Wildman–Crippen LogP) is 4.38. The Morgan fingerprint density at radius 2 is 2.00 bits per heavy atom. The van der Waals surface area contributed by atoms with Crippen LogP contribution in [-0.2, 0) is 4.79 Å². The molecule has 2 rings (SSSR count). The van der Waals surface area contributed by atoms with E-state index in [1.165, 1.54) is 23.9 Å². The summed E-state index contributed by atoms with van der Waals surface area (Å²) in [6.07, 6.45) is 0. The Kier molecular flexibility index (Phi) is 6.45. The van der Waals surface area contributed by atoms with Gasteiger partial charge in [0.1, 0.15) is 11.4 Å². The number of hydrogen-bond acceptors (Lipinski definition) is 5. The van der Waals surface area contributed by atoms with Gasteiger partial charge in [0.25, 0.3) is 5.69 Å². The van der Waals surface area contributed by atoms with Crippen LogP contribution < -0.4 is 10.1 Å². The summed E-state index contributed by atoms with van der Waals surface area (Å²) in [7, 11) is 0. The summed E-state index contributed by atoms with van der Waals surface area (Å²) >= 11 is 7.12. The third-order valence-electron chi connectivity index (χ3n) is 2.93. The molecule has 8 heteroatoms. The van der Waals surface area contributed by atoms with Crippen LogP contribution in [-0.4, -0.2) is 23.2 Å². The first kappa shape index (κ1) is 18.1. The van der Waals surface area contributed by atoms with E-state index in [9.17, 15) is 14.9 Å². The summed E-state index contributed by atoms with van der Waals surface area (Å²) < 4.78 is 5.24. The lowest BCUT2D eigenvalue weighted by molar-refractivity contribution is -0.384. The first-order chi connectivity index (χ1) is 11.5. The van der Waals surface area contributed by atoms with Crippen molar-refractivity contribution in [1.82, 2.24) is 0 Å². The van der Waals surface area contributed by atoms with E-state index in [1.54, 1.807) is 37.3 Å². The van der Waals surface area contributed by atoms with E-state index < -0.39 is 4.92 Å². The number of nitro groups is 1. The first-order valence-corrected chi connectivity index (χ1v) is 8.45. The van der Waals surface area contributed by atoms with Crippen LogP contribution in [0.2, 0.25) is 5.02 Å². The average Bonchev–Trinajstić information content (AvgIpc) is 2.56. The Bertz CT molecular complexity index is 737.